The van der Waals surface area contributed by atoms with Crippen molar-refractivity contribution in [1.29, 1.82) is 0 Å². The maximum atomic E-state index is 2.52. The maximum absolute atomic E-state index is 2.52. The molecule has 0 heteroatoms. The Bertz CT molecular complexity index is 3390. The summed E-state index contributed by atoms with van der Waals surface area (Å²) in [5, 5.41) is 10.3. The van der Waals surface area contributed by atoms with E-state index in [1.54, 1.807) is 0 Å². The van der Waals surface area contributed by atoms with Crippen molar-refractivity contribution >= 4 is 43.1 Å². The Kier molecular flexibility index (Phi) is 6.84. The lowest BCUT2D eigenvalue weighted by molar-refractivity contribution is 0.652. The summed E-state index contributed by atoms with van der Waals surface area (Å²) in [6, 6.07) is 68.7. The van der Waals surface area contributed by atoms with Crippen LogP contribution in [-0.2, 0) is 10.8 Å². The van der Waals surface area contributed by atoms with Gasteiger partial charge in [-0.2, -0.15) is 0 Å². The van der Waals surface area contributed by atoms with Gasteiger partial charge in [-0.1, -0.05) is 167 Å². The molecule has 0 N–H and O–H groups in total. The number of fused-ring (bicyclic) bond motifs is 12. The monoisotopic (exact) mass is 738 g/mol. The van der Waals surface area contributed by atoms with Gasteiger partial charge in [0.25, 0.3) is 0 Å². The van der Waals surface area contributed by atoms with Crippen LogP contribution in [0.25, 0.3) is 98.7 Å². The van der Waals surface area contributed by atoms with Crippen molar-refractivity contribution in [2.75, 3.05) is 0 Å². The number of hydrogen-bond donors (Lipinski definition) is 0. The molecular formula is C58H42. The molecule has 10 aromatic rings. The molecule has 10 aromatic carbocycles. The van der Waals surface area contributed by atoms with E-state index >= 15 is 0 Å². The van der Waals surface area contributed by atoms with Gasteiger partial charge in [0.1, 0.15) is 0 Å². The highest BCUT2D eigenvalue weighted by Crippen LogP contribution is 2.56. The van der Waals surface area contributed by atoms with Crippen molar-refractivity contribution in [3.05, 3.63) is 204 Å². The van der Waals surface area contributed by atoms with E-state index in [2.05, 4.69) is 210 Å². The van der Waals surface area contributed by atoms with Gasteiger partial charge >= 0.3 is 0 Å². The molecule has 0 fully saturated rings. The summed E-state index contributed by atoms with van der Waals surface area (Å²) in [5.41, 5.74) is 18.6. The first-order valence-corrected chi connectivity index (χ1v) is 20.7. The first-order valence-electron chi connectivity index (χ1n) is 20.7. The molecule has 0 amide bonds. The van der Waals surface area contributed by atoms with Crippen LogP contribution in [0, 0.1) is 0 Å². The van der Waals surface area contributed by atoms with Crippen LogP contribution in [0.1, 0.15) is 49.9 Å². The van der Waals surface area contributed by atoms with Gasteiger partial charge in [-0.25, -0.2) is 0 Å². The highest BCUT2D eigenvalue weighted by molar-refractivity contribution is 6.23. The molecule has 0 aromatic heterocycles. The molecule has 0 atom stereocenters. The fourth-order valence-electron chi connectivity index (χ4n) is 10.7. The van der Waals surface area contributed by atoms with Gasteiger partial charge in [-0.05, 0) is 163 Å². The summed E-state index contributed by atoms with van der Waals surface area (Å²) in [7, 11) is 0. The molecule has 274 valence electrons. The molecule has 0 radical (unpaired) electrons. The van der Waals surface area contributed by atoms with Crippen LogP contribution < -0.4 is 0 Å². The fourth-order valence-corrected chi connectivity index (χ4v) is 10.7. The van der Waals surface area contributed by atoms with E-state index in [0.717, 1.165) is 0 Å². The Morgan fingerprint density at radius 1 is 0.259 bits per heavy atom. The average molecular weight is 739 g/mol. The maximum Gasteiger partial charge on any atom is 0.0159 e. The van der Waals surface area contributed by atoms with Gasteiger partial charge in [0.2, 0.25) is 0 Å². The fraction of sp³-hybridized carbons (Fsp3) is 0.103. The molecule has 0 spiro atoms. The third kappa shape index (κ3) is 4.69. The van der Waals surface area contributed by atoms with Gasteiger partial charge in [-0.15, -0.1) is 0 Å². The smallest absolute Gasteiger partial charge is 0.0159 e. The molecule has 58 heavy (non-hydrogen) atoms. The Balaban J connectivity index is 0.908. The lowest BCUT2D eigenvalue weighted by Gasteiger charge is -2.24. The number of benzene rings is 10. The molecule has 2 aliphatic rings. The standard InChI is InChI=1S/C58H42/c1-57(2)52-19-10-9-17-46(52)50-33-55-51(34-54(50)57)49-31-41(26-27-53(49)58(55,3)4)37-14-11-13-36(28-37)38-21-22-40-30-42(24-23-39(40)29-38)48-32-43-25-20-35-12-5-6-15-44(35)56(43)47-18-8-7-16-45(47)48/h5-34H,1-4H3. The predicted molar refractivity (Wildman–Crippen MR) is 248 cm³/mol. The predicted octanol–water partition coefficient (Wildman–Crippen LogP) is 15.9. The zero-order chi connectivity index (χ0) is 38.9. The minimum absolute atomic E-state index is 0.0260. The Morgan fingerprint density at radius 3 is 1.55 bits per heavy atom. The normalized spacial score (nSPS) is 14.5. The summed E-state index contributed by atoms with van der Waals surface area (Å²) in [5.74, 6) is 0. The van der Waals surface area contributed by atoms with Crippen LogP contribution in [0.5, 0.6) is 0 Å². The van der Waals surface area contributed by atoms with E-state index in [1.807, 2.05) is 0 Å². The first-order chi connectivity index (χ1) is 28.2. The lowest BCUT2D eigenvalue weighted by atomic mass is 9.79. The van der Waals surface area contributed by atoms with Crippen molar-refractivity contribution < 1.29 is 0 Å². The van der Waals surface area contributed by atoms with Gasteiger partial charge < -0.3 is 0 Å². The minimum atomic E-state index is -0.0665. The van der Waals surface area contributed by atoms with Crippen LogP contribution in [0.2, 0.25) is 0 Å². The quantitative estimate of drug-likeness (QED) is 0.158. The lowest BCUT2D eigenvalue weighted by Crippen LogP contribution is -2.16. The van der Waals surface area contributed by atoms with Crippen molar-refractivity contribution in [3.63, 3.8) is 0 Å². The molecule has 0 unspecified atom stereocenters. The van der Waals surface area contributed by atoms with E-state index in [-0.39, 0.29) is 10.8 Å². The zero-order valence-electron chi connectivity index (χ0n) is 33.3. The van der Waals surface area contributed by atoms with E-state index < -0.39 is 0 Å². The number of hydrogen-bond acceptors (Lipinski definition) is 0. The summed E-state index contributed by atoms with van der Waals surface area (Å²) >= 11 is 0. The first kappa shape index (κ1) is 33.4. The van der Waals surface area contributed by atoms with E-state index in [4.69, 9.17) is 0 Å². The SMILES string of the molecule is CC1(C)c2ccccc2-c2cc3c(cc21)-c1cc(-c2cccc(-c4ccc5cc(-c6cc7ccc8ccccc8c7c7ccccc67)ccc5c4)c2)ccc1C3(C)C. The van der Waals surface area contributed by atoms with Crippen LogP contribution >= 0.6 is 0 Å². The van der Waals surface area contributed by atoms with Crippen LogP contribution in [-0.4, -0.2) is 0 Å². The second-order valence-corrected chi connectivity index (χ2v) is 17.7. The molecule has 0 saturated carbocycles. The minimum Gasteiger partial charge on any atom is -0.0619 e. The van der Waals surface area contributed by atoms with Crippen LogP contribution in [0.3, 0.4) is 0 Å². The van der Waals surface area contributed by atoms with E-state index in [9.17, 15) is 0 Å². The average Bonchev–Trinajstić information content (AvgIpc) is 3.63. The molecule has 0 bridgehead atoms. The van der Waals surface area contributed by atoms with Crippen molar-refractivity contribution in [1.82, 2.24) is 0 Å². The summed E-state index contributed by atoms with van der Waals surface area (Å²) in [6.07, 6.45) is 0. The van der Waals surface area contributed by atoms with Crippen molar-refractivity contribution in [2.24, 2.45) is 0 Å². The summed E-state index contributed by atoms with van der Waals surface area (Å²) in [6.45, 7) is 9.55. The highest BCUT2D eigenvalue weighted by Gasteiger charge is 2.41. The third-order valence-electron chi connectivity index (χ3n) is 13.8. The molecule has 2 aliphatic carbocycles. The third-order valence-corrected chi connectivity index (χ3v) is 13.8. The summed E-state index contributed by atoms with van der Waals surface area (Å²) < 4.78 is 0. The largest absolute Gasteiger partial charge is 0.0619 e. The van der Waals surface area contributed by atoms with Crippen molar-refractivity contribution in [3.8, 4) is 55.6 Å². The van der Waals surface area contributed by atoms with Crippen LogP contribution in [0.15, 0.2) is 182 Å². The second kappa shape index (κ2) is 11.9. The number of rotatable bonds is 3. The molecule has 0 nitrogen and oxygen atoms in total. The van der Waals surface area contributed by atoms with Gasteiger partial charge in [0.15, 0.2) is 0 Å². The second-order valence-electron chi connectivity index (χ2n) is 17.7. The molecule has 12 rings (SSSR count). The molecular weight excluding hydrogens is 697 g/mol. The van der Waals surface area contributed by atoms with Crippen LogP contribution in [0.4, 0.5) is 0 Å². The molecule has 0 heterocycles. The molecule has 0 aliphatic heterocycles. The Morgan fingerprint density at radius 2 is 0.776 bits per heavy atom. The highest BCUT2D eigenvalue weighted by atomic mass is 14.4. The van der Waals surface area contributed by atoms with Gasteiger partial charge in [0, 0.05) is 10.8 Å². The van der Waals surface area contributed by atoms with Crippen molar-refractivity contribution in [2.45, 2.75) is 38.5 Å². The van der Waals surface area contributed by atoms with E-state index in [1.165, 1.54) is 121 Å². The van der Waals surface area contributed by atoms with Gasteiger partial charge in [-0.3, -0.25) is 0 Å². The van der Waals surface area contributed by atoms with Gasteiger partial charge in [0.05, 0.1) is 0 Å². The molecule has 0 saturated heterocycles. The Labute approximate surface area is 340 Å². The zero-order valence-corrected chi connectivity index (χ0v) is 33.3. The Hall–Kier alpha value is -6.76. The summed E-state index contributed by atoms with van der Waals surface area (Å²) in [4.78, 5) is 0. The van der Waals surface area contributed by atoms with E-state index in [0.29, 0.717) is 0 Å². The topological polar surface area (TPSA) is 0 Å².